The van der Waals surface area contributed by atoms with Gasteiger partial charge in [0.05, 0.1) is 6.10 Å². The van der Waals surface area contributed by atoms with Gasteiger partial charge in [-0.3, -0.25) is 0 Å². The van der Waals surface area contributed by atoms with Crippen LogP contribution in [0.5, 0.6) is 0 Å². The van der Waals surface area contributed by atoms with Crippen molar-refractivity contribution in [1.82, 2.24) is 0 Å². The summed E-state index contributed by atoms with van der Waals surface area (Å²) >= 11 is 0. The molecule has 1 aliphatic rings. The van der Waals surface area contributed by atoms with Crippen LogP contribution in [-0.2, 0) is 19.1 Å². The predicted octanol–water partition coefficient (Wildman–Crippen LogP) is 2.62. The molecule has 0 spiro atoms. The average molecular weight is 254 g/mol. The van der Waals surface area contributed by atoms with E-state index in [9.17, 15) is 9.59 Å². The summed E-state index contributed by atoms with van der Waals surface area (Å²) < 4.78 is 10.1. The molecule has 0 bridgehead atoms. The van der Waals surface area contributed by atoms with E-state index in [1.165, 1.54) is 0 Å². The fraction of sp³-hybridized carbons (Fsp3) is 0.714. The molecule has 0 aliphatic heterocycles. The molecule has 1 saturated carbocycles. The van der Waals surface area contributed by atoms with Crippen LogP contribution in [0.1, 0.15) is 46.5 Å². The van der Waals surface area contributed by atoms with Crippen LogP contribution in [0.15, 0.2) is 12.2 Å². The van der Waals surface area contributed by atoms with Crippen molar-refractivity contribution in [3.63, 3.8) is 0 Å². The summed E-state index contributed by atoms with van der Waals surface area (Å²) in [5.74, 6) is -0.258. The van der Waals surface area contributed by atoms with E-state index in [0.717, 1.165) is 43.8 Å². The Balaban J connectivity index is 2.28. The maximum atomic E-state index is 11.5. The molecule has 0 N–H and O–H groups in total. The Morgan fingerprint density at radius 3 is 2.17 bits per heavy atom. The Bertz CT molecular complexity index is 312. The third-order valence-corrected chi connectivity index (χ3v) is 2.95. The van der Waals surface area contributed by atoms with E-state index in [-0.39, 0.29) is 12.2 Å². The second kappa shape index (κ2) is 7.19. The number of ether oxygens (including phenoxy) is 2. The van der Waals surface area contributed by atoms with Gasteiger partial charge in [-0.15, -0.1) is 0 Å². The minimum atomic E-state index is -0.515. The zero-order valence-electron chi connectivity index (χ0n) is 11.3. The third kappa shape index (κ3) is 5.84. The van der Waals surface area contributed by atoms with Crippen molar-refractivity contribution in [1.29, 1.82) is 0 Å². The van der Waals surface area contributed by atoms with Crippen molar-refractivity contribution >= 4 is 11.9 Å². The first-order chi connectivity index (χ1) is 8.47. The summed E-state index contributed by atoms with van der Waals surface area (Å²) in [5.41, 5.74) is 0. The fourth-order valence-corrected chi connectivity index (χ4v) is 1.96. The van der Waals surface area contributed by atoms with Crippen molar-refractivity contribution in [2.75, 3.05) is 0 Å². The number of carbonyl (C=O) groups is 2. The molecular formula is C14H22O4. The Labute approximate surface area is 108 Å². The van der Waals surface area contributed by atoms with Crippen LogP contribution in [-0.4, -0.2) is 24.1 Å². The Morgan fingerprint density at radius 2 is 1.61 bits per heavy atom. The van der Waals surface area contributed by atoms with E-state index in [1.54, 1.807) is 13.8 Å². The van der Waals surface area contributed by atoms with Gasteiger partial charge in [0, 0.05) is 12.2 Å². The Kier molecular flexibility index (Phi) is 5.89. The van der Waals surface area contributed by atoms with Crippen LogP contribution in [0.2, 0.25) is 0 Å². The Hall–Kier alpha value is -1.32. The number of hydrogen-bond donors (Lipinski definition) is 0. The lowest BCUT2D eigenvalue weighted by Crippen LogP contribution is -2.22. The molecule has 1 rings (SSSR count). The van der Waals surface area contributed by atoms with Gasteiger partial charge < -0.3 is 9.47 Å². The summed E-state index contributed by atoms with van der Waals surface area (Å²) in [6, 6.07) is 0. The van der Waals surface area contributed by atoms with Crippen LogP contribution >= 0.6 is 0 Å². The maximum Gasteiger partial charge on any atom is 0.331 e. The smallest absolute Gasteiger partial charge is 0.331 e. The van der Waals surface area contributed by atoms with Crippen molar-refractivity contribution < 1.29 is 19.1 Å². The minimum Gasteiger partial charge on any atom is -0.460 e. The van der Waals surface area contributed by atoms with E-state index in [1.807, 2.05) is 0 Å². The van der Waals surface area contributed by atoms with E-state index < -0.39 is 11.9 Å². The summed E-state index contributed by atoms with van der Waals surface area (Å²) in [7, 11) is 0. The first-order valence-electron chi connectivity index (χ1n) is 6.56. The number of carbonyl (C=O) groups excluding carboxylic acids is 2. The Morgan fingerprint density at radius 1 is 1.06 bits per heavy atom. The second-order valence-corrected chi connectivity index (χ2v) is 5.14. The molecule has 0 unspecified atom stereocenters. The summed E-state index contributed by atoms with van der Waals surface area (Å²) in [4.78, 5) is 22.6. The van der Waals surface area contributed by atoms with Crippen LogP contribution in [0.4, 0.5) is 0 Å². The molecule has 0 saturated heterocycles. The molecule has 18 heavy (non-hydrogen) atoms. The molecule has 1 fully saturated rings. The zero-order chi connectivity index (χ0) is 13.5. The number of rotatable bonds is 4. The van der Waals surface area contributed by atoms with Crippen molar-refractivity contribution in [3.8, 4) is 0 Å². The van der Waals surface area contributed by atoms with E-state index in [4.69, 9.17) is 9.47 Å². The molecule has 4 heteroatoms. The molecule has 0 aromatic carbocycles. The quantitative estimate of drug-likeness (QED) is 0.571. The van der Waals surface area contributed by atoms with Gasteiger partial charge in [-0.1, -0.05) is 6.92 Å². The fourth-order valence-electron chi connectivity index (χ4n) is 1.96. The number of esters is 2. The monoisotopic (exact) mass is 254 g/mol. The van der Waals surface area contributed by atoms with Crippen LogP contribution in [0, 0.1) is 5.92 Å². The lowest BCUT2D eigenvalue weighted by Gasteiger charge is -2.25. The lowest BCUT2D eigenvalue weighted by atomic mass is 9.89. The van der Waals surface area contributed by atoms with E-state index in [2.05, 4.69) is 6.92 Å². The molecular weight excluding hydrogens is 232 g/mol. The largest absolute Gasteiger partial charge is 0.460 e. The van der Waals surface area contributed by atoms with Crippen LogP contribution in [0.3, 0.4) is 0 Å². The molecule has 0 atom stereocenters. The maximum absolute atomic E-state index is 11.5. The second-order valence-electron chi connectivity index (χ2n) is 5.14. The molecule has 0 amide bonds. The molecule has 1 aliphatic carbocycles. The average Bonchev–Trinajstić information content (AvgIpc) is 2.29. The van der Waals surface area contributed by atoms with Crippen molar-refractivity contribution in [2.24, 2.45) is 5.92 Å². The molecule has 0 heterocycles. The highest BCUT2D eigenvalue weighted by atomic mass is 16.5. The van der Waals surface area contributed by atoms with Gasteiger partial charge in [-0.25, -0.2) is 9.59 Å². The normalized spacial score (nSPS) is 24.2. The van der Waals surface area contributed by atoms with Crippen LogP contribution in [0.25, 0.3) is 0 Å². The first kappa shape index (κ1) is 14.7. The SMILES string of the molecule is CC1CCC(OC(=O)/C=C/C(=O)OC(C)C)CC1. The van der Waals surface area contributed by atoms with Gasteiger partial charge in [0.1, 0.15) is 6.10 Å². The predicted molar refractivity (Wildman–Crippen MR) is 67.9 cm³/mol. The standard InChI is InChI=1S/C14H22O4/c1-10(2)17-13(15)8-9-14(16)18-12-6-4-11(3)5-7-12/h8-12H,4-7H2,1-3H3/b9-8+. The van der Waals surface area contributed by atoms with Crippen molar-refractivity contribution in [2.45, 2.75) is 58.7 Å². The summed E-state index contributed by atoms with van der Waals surface area (Å²) in [6.45, 7) is 5.72. The van der Waals surface area contributed by atoms with Gasteiger partial charge in [0.25, 0.3) is 0 Å². The van der Waals surface area contributed by atoms with Crippen molar-refractivity contribution in [3.05, 3.63) is 12.2 Å². The highest BCUT2D eigenvalue weighted by Crippen LogP contribution is 2.25. The van der Waals surface area contributed by atoms with Gasteiger partial charge in [0.15, 0.2) is 0 Å². The third-order valence-electron chi connectivity index (χ3n) is 2.95. The molecule has 0 aromatic rings. The molecule has 0 radical (unpaired) electrons. The van der Waals surface area contributed by atoms with E-state index in [0.29, 0.717) is 0 Å². The highest BCUT2D eigenvalue weighted by molar-refractivity contribution is 5.91. The lowest BCUT2D eigenvalue weighted by molar-refractivity contribution is -0.146. The minimum absolute atomic E-state index is 0.000492. The summed E-state index contributed by atoms with van der Waals surface area (Å²) in [6.07, 6.45) is 6.09. The molecule has 102 valence electrons. The van der Waals surface area contributed by atoms with Gasteiger partial charge in [0.2, 0.25) is 0 Å². The number of hydrogen-bond acceptors (Lipinski definition) is 4. The summed E-state index contributed by atoms with van der Waals surface area (Å²) in [5, 5.41) is 0. The molecule has 4 nitrogen and oxygen atoms in total. The van der Waals surface area contributed by atoms with Crippen LogP contribution < -0.4 is 0 Å². The first-order valence-corrected chi connectivity index (χ1v) is 6.56. The van der Waals surface area contributed by atoms with Gasteiger partial charge >= 0.3 is 11.9 Å². The van der Waals surface area contributed by atoms with Gasteiger partial charge in [-0.05, 0) is 45.4 Å². The zero-order valence-corrected chi connectivity index (χ0v) is 11.3. The molecule has 0 aromatic heterocycles. The topological polar surface area (TPSA) is 52.6 Å². The highest BCUT2D eigenvalue weighted by Gasteiger charge is 2.20. The van der Waals surface area contributed by atoms with Gasteiger partial charge in [-0.2, -0.15) is 0 Å². The van der Waals surface area contributed by atoms with E-state index >= 15 is 0 Å².